The van der Waals surface area contributed by atoms with Crippen LogP contribution in [-0.2, 0) is 17.8 Å². The molecule has 1 amide bonds. The Bertz CT molecular complexity index is 1290. The smallest absolute Gasteiger partial charge is 0.311 e. The van der Waals surface area contributed by atoms with E-state index in [1.807, 2.05) is 6.20 Å². The van der Waals surface area contributed by atoms with Gasteiger partial charge in [0.15, 0.2) is 0 Å². The topological polar surface area (TPSA) is 135 Å². The molecule has 1 saturated heterocycles. The largest absolute Gasteiger partial charge is 0.378 e. The summed E-state index contributed by atoms with van der Waals surface area (Å²) >= 11 is 0. The molecule has 3 aromatic rings. The minimum absolute atomic E-state index is 0.0120. The standard InChI is InChI=1S/C28H38N8O3/c1-4-20-6-8-21(9-7-20)23-17-34(14-5-13-30-26-11-10-25(36(38)39)28(29)32-26)18-24(23)31-27(37)19-35-15-12-22(16-35)33(2)3/h6-11,17-18,22H,4-5,12-16,19H2,1-3H3,(H,31,37)(H3,29,30,32)/t22-/m1/s1. The highest BCUT2D eigenvalue weighted by atomic mass is 16.6. The fourth-order valence-electron chi connectivity index (χ4n) is 4.86. The van der Waals surface area contributed by atoms with Gasteiger partial charge in [-0.3, -0.25) is 19.8 Å². The first kappa shape index (κ1) is 28.1. The van der Waals surface area contributed by atoms with Crippen LogP contribution >= 0.6 is 0 Å². The molecule has 0 unspecified atom stereocenters. The molecule has 0 bridgehead atoms. The molecule has 3 heterocycles. The summed E-state index contributed by atoms with van der Waals surface area (Å²) in [5.41, 5.74) is 9.58. The first-order chi connectivity index (χ1) is 18.7. The molecule has 1 aliphatic heterocycles. The summed E-state index contributed by atoms with van der Waals surface area (Å²) in [5.74, 6) is 0.372. The summed E-state index contributed by atoms with van der Waals surface area (Å²) < 4.78 is 2.08. The summed E-state index contributed by atoms with van der Waals surface area (Å²) in [6.07, 6.45) is 6.86. The van der Waals surface area contributed by atoms with Crippen molar-refractivity contribution in [3.63, 3.8) is 0 Å². The molecule has 1 aromatic carbocycles. The van der Waals surface area contributed by atoms with Crippen molar-refractivity contribution in [2.24, 2.45) is 0 Å². The van der Waals surface area contributed by atoms with E-state index in [2.05, 4.69) is 81.5 Å². The molecular formula is C28H38N8O3. The highest BCUT2D eigenvalue weighted by Gasteiger charge is 2.25. The normalized spacial score (nSPS) is 15.5. The monoisotopic (exact) mass is 534 g/mol. The van der Waals surface area contributed by atoms with Crippen LogP contribution in [0.1, 0.15) is 25.3 Å². The van der Waals surface area contributed by atoms with Gasteiger partial charge < -0.3 is 25.8 Å². The van der Waals surface area contributed by atoms with E-state index in [0.29, 0.717) is 31.5 Å². The maximum Gasteiger partial charge on any atom is 0.311 e. The summed E-state index contributed by atoms with van der Waals surface area (Å²) in [4.78, 5) is 31.9. The molecule has 1 fully saturated rings. The van der Waals surface area contributed by atoms with E-state index in [-0.39, 0.29) is 17.4 Å². The Balaban J connectivity index is 1.40. The molecule has 39 heavy (non-hydrogen) atoms. The molecule has 0 spiro atoms. The van der Waals surface area contributed by atoms with E-state index in [0.717, 1.165) is 49.2 Å². The quantitative estimate of drug-likeness (QED) is 0.182. The van der Waals surface area contributed by atoms with Gasteiger partial charge in [0.05, 0.1) is 17.2 Å². The number of nitrogen functional groups attached to an aromatic ring is 1. The molecular weight excluding hydrogens is 496 g/mol. The molecule has 1 atom stereocenters. The number of carbonyl (C=O) groups is 1. The fraction of sp³-hybridized carbons (Fsp3) is 0.429. The van der Waals surface area contributed by atoms with Crippen LogP contribution in [0.3, 0.4) is 0 Å². The number of hydrogen-bond donors (Lipinski definition) is 3. The summed E-state index contributed by atoms with van der Waals surface area (Å²) in [6, 6.07) is 11.8. The highest BCUT2D eigenvalue weighted by molar-refractivity contribution is 5.96. The van der Waals surface area contributed by atoms with Crippen molar-refractivity contribution >= 4 is 28.9 Å². The average Bonchev–Trinajstić information content (AvgIpc) is 3.53. The van der Waals surface area contributed by atoms with Crippen LogP contribution in [0.15, 0.2) is 48.8 Å². The lowest BCUT2D eigenvalue weighted by Gasteiger charge is -2.20. The van der Waals surface area contributed by atoms with Crippen molar-refractivity contribution < 1.29 is 9.72 Å². The van der Waals surface area contributed by atoms with E-state index in [4.69, 9.17) is 5.73 Å². The van der Waals surface area contributed by atoms with Crippen molar-refractivity contribution in [1.82, 2.24) is 19.4 Å². The minimum Gasteiger partial charge on any atom is -0.378 e. The number of carbonyl (C=O) groups excluding carboxylic acids is 1. The number of hydrogen-bond acceptors (Lipinski definition) is 8. The van der Waals surface area contributed by atoms with E-state index in [1.54, 1.807) is 6.07 Å². The maximum absolute atomic E-state index is 13.0. The minimum atomic E-state index is -0.548. The lowest BCUT2D eigenvalue weighted by Crippen LogP contribution is -2.35. The van der Waals surface area contributed by atoms with Crippen LogP contribution in [0.4, 0.5) is 23.0 Å². The van der Waals surface area contributed by atoms with Gasteiger partial charge in [0.25, 0.3) is 0 Å². The summed E-state index contributed by atoms with van der Waals surface area (Å²) in [7, 11) is 4.17. The number of aromatic nitrogens is 2. The highest BCUT2D eigenvalue weighted by Crippen LogP contribution is 2.30. The Morgan fingerprint density at radius 2 is 1.97 bits per heavy atom. The zero-order valence-corrected chi connectivity index (χ0v) is 22.9. The van der Waals surface area contributed by atoms with Crippen molar-refractivity contribution in [1.29, 1.82) is 0 Å². The van der Waals surface area contributed by atoms with Crippen molar-refractivity contribution in [2.45, 2.75) is 38.8 Å². The van der Waals surface area contributed by atoms with Gasteiger partial charge in [-0.25, -0.2) is 4.98 Å². The molecule has 1 aliphatic rings. The number of rotatable bonds is 12. The van der Waals surface area contributed by atoms with Gasteiger partial charge >= 0.3 is 5.69 Å². The van der Waals surface area contributed by atoms with Crippen LogP contribution < -0.4 is 16.4 Å². The van der Waals surface area contributed by atoms with Crippen molar-refractivity contribution in [2.75, 3.05) is 56.6 Å². The number of likely N-dealkylation sites (N-methyl/N-ethyl adjacent to an activating group) is 1. The van der Waals surface area contributed by atoms with Crippen LogP contribution in [0.2, 0.25) is 0 Å². The third kappa shape index (κ3) is 7.33. The number of aryl methyl sites for hydroxylation is 2. The molecule has 0 saturated carbocycles. The second-order valence-corrected chi connectivity index (χ2v) is 10.2. The van der Waals surface area contributed by atoms with Gasteiger partial charge in [-0.05, 0) is 50.6 Å². The predicted octanol–water partition coefficient (Wildman–Crippen LogP) is 3.68. The number of nitrogens with two attached hydrogens (primary N) is 1. The molecule has 0 aliphatic carbocycles. The lowest BCUT2D eigenvalue weighted by atomic mass is 10.0. The number of nitro groups is 1. The van der Waals surface area contributed by atoms with E-state index >= 15 is 0 Å². The van der Waals surface area contributed by atoms with Crippen LogP contribution in [-0.4, -0.2) is 76.5 Å². The van der Waals surface area contributed by atoms with Crippen LogP contribution in [0.25, 0.3) is 11.1 Å². The molecule has 11 nitrogen and oxygen atoms in total. The second kappa shape index (κ2) is 12.7. The van der Waals surface area contributed by atoms with Crippen LogP contribution in [0, 0.1) is 10.1 Å². The Morgan fingerprint density at radius 3 is 2.62 bits per heavy atom. The molecule has 0 radical (unpaired) electrons. The number of nitrogens with one attached hydrogen (secondary N) is 2. The number of amides is 1. The number of anilines is 3. The lowest BCUT2D eigenvalue weighted by molar-refractivity contribution is -0.384. The molecule has 208 valence electrons. The van der Waals surface area contributed by atoms with Crippen LogP contribution in [0.5, 0.6) is 0 Å². The summed E-state index contributed by atoms with van der Waals surface area (Å²) in [6.45, 7) is 5.64. The average molecular weight is 535 g/mol. The Kier molecular flexibility index (Phi) is 9.15. The third-order valence-corrected chi connectivity index (χ3v) is 7.17. The fourth-order valence-corrected chi connectivity index (χ4v) is 4.86. The van der Waals surface area contributed by atoms with Crippen molar-refractivity contribution in [3.05, 3.63) is 64.5 Å². The van der Waals surface area contributed by atoms with Gasteiger partial charge in [0, 0.05) is 56.2 Å². The first-order valence-electron chi connectivity index (χ1n) is 13.4. The Labute approximate surface area is 229 Å². The van der Waals surface area contributed by atoms with Gasteiger partial charge in [-0.2, -0.15) is 0 Å². The molecule has 4 rings (SSSR count). The zero-order chi connectivity index (χ0) is 27.9. The zero-order valence-electron chi connectivity index (χ0n) is 22.9. The molecule has 11 heteroatoms. The number of benzene rings is 1. The maximum atomic E-state index is 13.0. The van der Waals surface area contributed by atoms with Crippen molar-refractivity contribution in [3.8, 4) is 11.1 Å². The second-order valence-electron chi connectivity index (χ2n) is 10.2. The van der Waals surface area contributed by atoms with Gasteiger partial charge in [0.2, 0.25) is 11.7 Å². The molecule has 2 aromatic heterocycles. The molecule has 4 N–H and O–H groups in total. The predicted molar refractivity (Wildman–Crippen MR) is 155 cm³/mol. The Hall–Kier alpha value is -3.96. The van der Waals surface area contributed by atoms with E-state index in [9.17, 15) is 14.9 Å². The number of nitrogens with zero attached hydrogens (tertiary/aromatic N) is 5. The van der Waals surface area contributed by atoms with Gasteiger partial charge in [-0.1, -0.05) is 31.2 Å². The Morgan fingerprint density at radius 1 is 1.21 bits per heavy atom. The van der Waals surface area contributed by atoms with Gasteiger partial charge in [0.1, 0.15) is 5.82 Å². The van der Waals surface area contributed by atoms with Gasteiger partial charge in [-0.15, -0.1) is 0 Å². The van der Waals surface area contributed by atoms with E-state index in [1.165, 1.54) is 11.6 Å². The van der Waals surface area contributed by atoms with E-state index < -0.39 is 4.92 Å². The SMILES string of the molecule is CCc1ccc(-c2cn(CCCNc3ccc([N+](=O)[O-])c(N)n3)cc2NC(=O)CN2CC[C@@H](N(C)C)C2)cc1. The number of pyridine rings is 1. The third-order valence-electron chi connectivity index (χ3n) is 7.17. The number of likely N-dealkylation sites (tertiary alicyclic amines) is 1. The summed E-state index contributed by atoms with van der Waals surface area (Å²) in [5, 5.41) is 17.3. The first-order valence-corrected chi connectivity index (χ1v) is 13.4.